The van der Waals surface area contributed by atoms with Crippen molar-refractivity contribution in [2.24, 2.45) is 0 Å². The van der Waals surface area contributed by atoms with Crippen LogP contribution >= 0.6 is 0 Å². The number of hydrogen-bond donors (Lipinski definition) is 0. The van der Waals surface area contributed by atoms with E-state index in [1.807, 2.05) is 28.2 Å². The van der Waals surface area contributed by atoms with Gasteiger partial charge in [-0.2, -0.15) is 0 Å². The van der Waals surface area contributed by atoms with E-state index in [1.54, 1.807) is 14.2 Å². The number of benzene rings is 2. The van der Waals surface area contributed by atoms with Gasteiger partial charge < -0.3 is 19.3 Å². The fourth-order valence-electron chi connectivity index (χ4n) is 3.08. The first-order valence-electron chi connectivity index (χ1n) is 8.03. The average Bonchev–Trinajstić information content (AvgIpc) is 2.53. The van der Waals surface area contributed by atoms with Gasteiger partial charge in [0.2, 0.25) is 0 Å². The lowest BCUT2D eigenvalue weighted by molar-refractivity contribution is 0.410. The molecule has 0 aliphatic rings. The largest absolute Gasteiger partial charge is 0.494 e. The fourth-order valence-corrected chi connectivity index (χ4v) is 3.08. The van der Waals surface area contributed by atoms with Crippen molar-refractivity contribution in [3.05, 3.63) is 35.4 Å². The normalized spacial score (nSPS) is 10.5. The predicted octanol–water partition coefficient (Wildman–Crippen LogP) is 4.12. The maximum atomic E-state index is 5.82. The highest BCUT2D eigenvalue weighted by Gasteiger charge is 2.22. The van der Waals surface area contributed by atoms with Crippen molar-refractivity contribution in [3.63, 3.8) is 0 Å². The monoisotopic (exact) mass is 328 g/mol. The summed E-state index contributed by atoms with van der Waals surface area (Å²) < 4.78 is 11.6. The van der Waals surface area contributed by atoms with Crippen molar-refractivity contribution in [1.29, 1.82) is 0 Å². The lowest BCUT2D eigenvalue weighted by atomic mass is 9.93. The van der Waals surface area contributed by atoms with Gasteiger partial charge in [-0.3, -0.25) is 0 Å². The van der Waals surface area contributed by atoms with E-state index >= 15 is 0 Å². The molecule has 0 saturated carbocycles. The minimum Gasteiger partial charge on any atom is -0.494 e. The molecule has 0 aromatic heterocycles. The van der Waals surface area contributed by atoms with Gasteiger partial charge in [0.25, 0.3) is 0 Å². The minimum absolute atomic E-state index is 0.873. The van der Waals surface area contributed by atoms with Crippen molar-refractivity contribution < 1.29 is 9.47 Å². The van der Waals surface area contributed by atoms with Gasteiger partial charge in [0.05, 0.1) is 25.6 Å². The third kappa shape index (κ3) is 3.01. The first kappa shape index (κ1) is 18.0. The van der Waals surface area contributed by atoms with Crippen LogP contribution in [0.25, 0.3) is 11.1 Å². The molecule has 0 amide bonds. The second kappa shape index (κ2) is 7.04. The van der Waals surface area contributed by atoms with Crippen LogP contribution in [0, 0.1) is 13.8 Å². The molecule has 4 nitrogen and oxygen atoms in total. The van der Waals surface area contributed by atoms with Crippen molar-refractivity contribution in [2.75, 3.05) is 52.2 Å². The first-order chi connectivity index (χ1) is 11.3. The SMILES string of the molecule is COc1c(N(C)C)ccc(C)c1-c1c(C)ccc(N(C)C)c1OC. The van der Waals surface area contributed by atoms with Gasteiger partial charge in [-0.25, -0.2) is 0 Å². The van der Waals surface area contributed by atoms with Crippen molar-refractivity contribution in [3.8, 4) is 22.6 Å². The predicted molar refractivity (Wildman–Crippen MR) is 103 cm³/mol. The number of aryl methyl sites for hydroxylation is 2. The summed E-state index contributed by atoms with van der Waals surface area (Å²) >= 11 is 0. The lowest BCUT2D eigenvalue weighted by Gasteiger charge is -2.25. The summed E-state index contributed by atoms with van der Waals surface area (Å²) in [6, 6.07) is 8.45. The van der Waals surface area contributed by atoms with Gasteiger partial charge >= 0.3 is 0 Å². The molecule has 0 atom stereocenters. The summed E-state index contributed by atoms with van der Waals surface area (Å²) in [5.41, 5.74) is 6.60. The van der Waals surface area contributed by atoms with E-state index in [1.165, 1.54) is 0 Å². The molecule has 0 bridgehead atoms. The molecule has 130 valence electrons. The quantitative estimate of drug-likeness (QED) is 0.824. The smallest absolute Gasteiger partial charge is 0.150 e. The number of methoxy groups -OCH3 is 2. The van der Waals surface area contributed by atoms with Gasteiger partial charge in [0.15, 0.2) is 0 Å². The van der Waals surface area contributed by atoms with Crippen LogP contribution in [0.5, 0.6) is 11.5 Å². The second-order valence-corrected chi connectivity index (χ2v) is 6.41. The molecule has 0 fully saturated rings. The molecule has 2 aromatic rings. The summed E-state index contributed by atoms with van der Waals surface area (Å²) in [7, 11) is 11.6. The summed E-state index contributed by atoms with van der Waals surface area (Å²) in [6.07, 6.45) is 0. The molecule has 0 spiro atoms. The molecular formula is C20H28N2O2. The molecule has 0 aliphatic heterocycles. The van der Waals surface area contributed by atoms with E-state index in [2.05, 4.69) is 47.9 Å². The van der Waals surface area contributed by atoms with Crippen molar-refractivity contribution in [1.82, 2.24) is 0 Å². The zero-order valence-electron chi connectivity index (χ0n) is 16.0. The maximum Gasteiger partial charge on any atom is 0.150 e. The van der Waals surface area contributed by atoms with Crippen LogP contribution in [0.15, 0.2) is 24.3 Å². The molecule has 0 N–H and O–H groups in total. The van der Waals surface area contributed by atoms with Gasteiger partial charge in [0, 0.05) is 39.3 Å². The van der Waals surface area contributed by atoms with E-state index < -0.39 is 0 Å². The standard InChI is InChI=1S/C20H28N2O2/c1-13-9-11-15(21(3)4)19(23-7)17(13)18-14(2)10-12-16(22(5)6)20(18)24-8/h9-12H,1-8H3. The number of ether oxygens (including phenoxy) is 2. The van der Waals surface area contributed by atoms with Crippen LogP contribution in [0.1, 0.15) is 11.1 Å². The van der Waals surface area contributed by atoms with E-state index in [0.717, 1.165) is 45.1 Å². The summed E-state index contributed by atoms with van der Waals surface area (Å²) in [5.74, 6) is 1.75. The summed E-state index contributed by atoms with van der Waals surface area (Å²) in [4.78, 5) is 4.14. The number of nitrogens with zero attached hydrogens (tertiary/aromatic N) is 2. The zero-order valence-corrected chi connectivity index (χ0v) is 16.0. The van der Waals surface area contributed by atoms with Gasteiger partial charge in [0.1, 0.15) is 11.5 Å². The molecule has 4 heteroatoms. The molecule has 24 heavy (non-hydrogen) atoms. The molecule has 0 radical (unpaired) electrons. The van der Waals surface area contributed by atoms with Crippen LogP contribution in [0.4, 0.5) is 11.4 Å². The fraction of sp³-hybridized carbons (Fsp3) is 0.400. The van der Waals surface area contributed by atoms with Crippen molar-refractivity contribution >= 4 is 11.4 Å². The Morgan fingerprint density at radius 2 is 0.958 bits per heavy atom. The van der Waals surface area contributed by atoms with E-state index in [0.29, 0.717) is 0 Å². The molecule has 0 unspecified atom stereocenters. The number of rotatable bonds is 5. The number of hydrogen-bond acceptors (Lipinski definition) is 4. The molecule has 0 aliphatic carbocycles. The Balaban J connectivity index is 2.91. The van der Waals surface area contributed by atoms with Gasteiger partial charge in [-0.1, -0.05) is 12.1 Å². The minimum atomic E-state index is 0.873. The lowest BCUT2D eigenvalue weighted by Crippen LogP contribution is -2.13. The van der Waals surface area contributed by atoms with Crippen LogP contribution in [0.3, 0.4) is 0 Å². The average molecular weight is 328 g/mol. The second-order valence-electron chi connectivity index (χ2n) is 6.41. The van der Waals surface area contributed by atoms with E-state index in [-0.39, 0.29) is 0 Å². The Morgan fingerprint density at radius 1 is 0.625 bits per heavy atom. The number of anilines is 2. The van der Waals surface area contributed by atoms with Crippen molar-refractivity contribution in [2.45, 2.75) is 13.8 Å². The summed E-state index contributed by atoms with van der Waals surface area (Å²) in [5, 5.41) is 0. The van der Waals surface area contributed by atoms with Crippen LogP contribution < -0.4 is 19.3 Å². The van der Waals surface area contributed by atoms with E-state index in [4.69, 9.17) is 9.47 Å². The van der Waals surface area contributed by atoms with Crippen LogP contribution in [0.2, 0.25) is 0 Å². The van der Waals surface area contributed by atoms with Crippen LogP contribution in [-0.4, -0.2) is 42.4 Å². The Labute approximate surface area is 145 Å². The molecule has 2 rings (SSSR count). The molecule has 2 aromatic carbocycles. The highest BCUT2D eigenvalue weighted by Crippen LogP contribution is 2.48. The maximum absolute atomic E-state index is 5.82. The zero-order chi connectivity index (χ0) is 18.0. The van der Waals surface area contributed by atoms with E-state index in [9.17, 15) is 0 Å². The molecule has 0 saturated heterocycles. The van der Waals surface area contributed by atoms with Gasteiger partial charge in [-0.05, 0) is 37.1 Å². The summed E-state index contributed by atoms with van der Waals surface area (Å²) in [6.45, 7) is 4.22. The molecule has 0 heterocycles. The van der Waals surface area contributed by atoms with Gasteiger partial charge in [-0.15, -0.1) is 0 Å². The Hall–Kier alpha value is -2.36. The molecular weight excluding hydrogens is 300 g/mol. The topological polar surface area (TPSA) is 24.9 Å². The van der Waals surface area contributed by atoms with Crippen LogP contribution in [-0.2, 0) is 0 Å². The third-order valence-electron chi connectivity index (χ3n) is 4.31. The highest BCUT2D eigenvalue weighted by atomic mass is 16.5. The highest BCUT2D eigenvalue weighted by molar-refractivity contribution is 5.89. The Morgan fingerprint density at radius 3 is 1.21 bits per heavy atom. The Kier molecular flexibility index (Phi) is 5.27. The third-order valence-corrected chi connectivity index (χ3v) is 4.31. The Bertz CT molecular complexity index is 673. The first-order valence-corrected chi connectivity index (χ1v) is 8.03.